The summed E-state index contributed by atoms with van der Waals surface area (Å²) in [6.07, 6.45) is 0. The van der Waals surface area contributed by atoms with Gasteiger partial charge in [0.15, 0.2) is 0 Å². The molecule has 10 nitrogen and oxygen atoms in total. The van der Waals surface area contributed by atoms with Gasteiger partial charge in [0.25, 0.3) is 11.5 Å². The van der Waals surface area contributed by atoms with E-state index in [0.717, 1.165) is 0 Å². The smallest absolute Gasteiger partial charge is 0.275 e. The fourth-order valence-electron chi connectivity index (χ4n) is 4.16. The highest BCUT2D eigenvalue weighted by Crippen LogP contribution is 2.22. The fraction of sp³-hybridized carbons (Fsp3) is 0.200. The Bertz CT molecular complexity index is 1680. The van der Waals surface area contributed by atoms with E-state index in [0.29, 0.717) is 28.3 Å². The van der Waals surface area contributed by atoms with Crippen molar-refractivity contribution < 1.29 is 18.8 Å². The van der Waals surface area contributed by atoms with Gasteiger partial charge >= 0.3 is 0 Å². The number of aryl methyl sites for hydroxylation is 1. The van der Waals surface area contributed by atoms with Gasteiger partial charge in [-0.2, -0.15) is 0 Å². The average molecular weight is 557 g/mol. The van der Waals surface area contributed by atoms with Gasteiger partial charge in [0.2, 0.25) is 11.7 Å². The van der Waals surface area contributed by atoms with Crippen molar-refractivity contribution in [2.24, 2.45) is 0 Å². The molecule has 11 heteroatoms. The van der Waals surface area contributed by atoms with E-state index in [4.69, 9.17) is 0 Å². The van der Waals surface area contributed by atoms with Gasteiger partial charge in [-0.1, -0.05) is 12.1 Å². The van der Waals surface area contributed by atoms with Crippen molar-refractivity contribution in [3.8, 4) is 11.3 Å². The number of pyridine rings is 1. The van der Waals surface area contributed by atoms with E-state index in [1.807, 2.05) is 0 Å². The number of ketones is 1. The van der Waals surface area contributed by atoms with Gasteiger partial charge in [-0.3, -0.25) is 19.2 Å². The number of anilines is 1. The van der Waals surface area contributed by atoms with Gasteiger partial charge < -0.3 is 20.5 Å². The Morgan fingerprint density at radius 1 is 0.951 bits per heavy atom. The molecule has 2 aromatic heterocycles. The Labute approximate surface area is 235 Å². The molecule has 2 heterocycles. The lowest BCUT2D eigenvalue weighted by Gasteiger charge is -2.17. The molecule has 210 valence electrons. The van der Waals surface area contributed by atoms with Gasteiger partial charge in [0, 0.05) is 18.2 Å². The van der Waals surface area contributed by atoms with Crippen LogP contribution < -0.4 is 21.5 Å². The van der Waals surface area contributed by atoms with Crippen molar-refractivity contribution >= 4 is 23.3 Å². The molecule has 3 N–H and O–H groups in total. The lowest BCUT2D eigenvalue weighted by Crippen LogP contribution is -2.37. The number of amides is 2. The summed E-state index contributed by atoms with van der Waals surface area (Å²) in [5.74, 6) is -1.28. The van der Waals surface area contributed by atoms with Gasteiger partial charge in [-0.05, 0) is 81.1 Å². The molecule has 1 atom stereocenters. The molecule has 0 aliphatic carbocycles. The maximum atomic E-state index is 13.7. The lowest BCUT2D eigenvalue weighted by atomic mass is 10.1. The quantitative estimate of drug-likeness (QED) is 0.270. The zero-order valence-electron chi connectivity index (χ0n) is 23.0. The van der Waals surface area contributed by atoms with E-state index in [1.165, 1.54) is 48.0 Å². The molecular formula is C30H29FN6O4. The summed E-state index contributed by atoms with van der Waals surface area (Å²) in [6, 6.07) is 16.0. The molecule has 0 radical (unpaired) electrons. The molecule has 2 amide bonds. The first kappa shape index (κ1) is 29.0. The van der Waals surface area contributed by atoms with Gasteiger partial charge in [-0.15, -0.1) is 0 Å². The number of carbonyl (C=O) groups is 3. The fourth-order valence-corrected chi connectivity index (χ4v) is 4.16. The molecule has 1 unspecified atom stereocenters. The number of nitrogens with one attached hydrogen (secondary N) is 3. The minimum atomic E-state index is -0.545. The van der Waals surface area contributed by atoms with Crippen molar-refractivity contribution in [1.29, 1.82) is 0 Å². The number of hydrogen-bond acceptors (Lipinski definition) is 7. The number of rotatable bonds is 9. The third-order valence-corrected chi connectivity index (χ3v) is 6.46. The van der Waals surface area contributed by atoms with Gasteiger partial charge in [0.05, 0.1) is 24.0 Å². The van der Waals surface area contributed by atoms with E-state index in [9.17, 15) is 23.6 Å². The van der Waals surface area contributed by atoms with Crippen LogP contribution in [0.5, 0.6) is 0 Å². The highest BCUT2D eigenvalue weighted by atomic mass is 19.1. The number of benzene rings is 2. The molecule has 2 aromatic carbocycles. The van der Waals surface area contributed by atoms with Crippen LogP contribution in [0, 0.1) is 12.7 Å². The molecular weight excluding hydrogens is 527 g/mol. The Kier molecular flexibility index (Phi) is 8.78. The first-order chi connectivity index (χ1) is 19.6. The van der Waals surface area contributed by atoms with Crippen LogP contribution >= 0.6 is 0 Å². The van der Waals surface area contributed by atoms with Crippen LogP contribution in [0.2, 0.25) is 0 Å². The van der Waals surface area contributed by atoms with Gasteiger partial charge in [0.1, 0.15) is 23.0 Å². The maximum absolute atomic E-state index is 13.7. The zero-order valence-corrected chi connectivity index (χ0v) is 23.0. The second kappa shape index (κ2) is 12.4. The van der Waals surface area contributed by atoms with E-state index in [2.05, 4.69) is 25.9 Å². The zero-order chi connectivity index (χ0) is 29.7. The second-order valence-electron chi connectivity index (χ2n) is 9.31. The van der Waals surface area contributed by atoms with E-state index in [1.54, 1.807) is 51.2 Å². The summed E-state index contributed by atoms with van der Waals surface area (Å²) in [4.78, 5) is 60.4. The topological polar surface area (TPSA) is 135 Å². The lowest BCUT2D eigenvalue weighted by molar-refractivity contribution is -0.117. The molecule has 4 rings (SSSR count). The summed E-state index contributed by atoms with van der Waals surface area (Å²) >= 11 is 0. The Balaban J connectivity index is 1.81. The largest absolute Gasteiger partial charge is 0.355 e. The van der Waals surface area contributed by atoms with Crippen molar-refractivity contribution in [2.75, 3.05) is 19.4 Å². The highest BCUT2D eigenvalue weighted by Gasteiger charge is 2.19. The van der Waals surface area contributed by atoms with E-state index >= 15 is 0 Å². The number of likely N-dealkylation sites (N-methyl/N-ethyl adjacent to an activating group) is 1. The Morgan fingerprint density at radius 3 is 2.37 bits per heavy atom. The Hall–Kier alpha value is -5.03. The standard InChI is InChI=1S/C30H29FN6O4/c1-17(32-3)28(39)36-24-12-13-26(20-6-5-7-21(14-20)29(40)33-4)37(30(24)41)16-23-15-25(35-18(2)34-23)27(38)19-8-10-22(31)11-9-19/h5-15,17,32H,16H2,1-4H3,(H,33,40)(H,36,39). The summed E-state index contributed by atoms with van der Waals surface area (Å²) in [6.45, 7) is 3.21. The SMILES string of the molecule is CNC(=O)c1cccc(-c2ccc(NC(=O)C(C)NC)c(=O)n2Cc2cc(C(=O)c3ccc(F)cc3)nc(C)n2)c1. The molecule has 0 saturated carbocycles. The minimum absolute atomic E-state index is 0.0525. The van der Waals surface area contributed by atoms with Crippen molar-refractivity contribution in [1.82, 2.24) is 25.2 Å². The summed E-state index contributed by atoms with van der Waals surface area (Å²) in [7, 11) is 3.16. The molecule has 0 saturated heterocycles. The third-order valence-electron chi connectivity index (χ3n) is 6.46. The van der Waals surface area contributed by atoms with Crippen LogP contribution in [0.1, 0.15) is 44.9 Å². The molecule has 41 heavy (non-hydrogen) atoms. The third kappa shape index (κ3) is 6.59. The van der Waals surface area contributed by atoms with Gasteiger partial charge in [-0.25, -0.2) is 14.4 Å². The predicted molar refractivity (Wildman–Crippen MR) is 152 cm³/mol. The van der Waals surface area contributed by atoms with Crippen LogP contribution in [0.3, 0.4) is 0 Å². The molecule has 0 fully saturated rings. The predicted octanol–water partition coefficient (Wildman–Crippen LogP) is 2.94. The number of halogens is 1. The molecule has 0 aliphatic heterocycles. The van der Waals surface area contributed by atoms with Crippen LogP contribution in [0.25, 0.3) is 11.3 Å². The van der Waals surface area contributed by atoms with Crippen LogP contribution in [0.15, 0.2) is 71.5 Å². The molecule has 4 aromatic rings. The van der Waals surface area contributed by atoms with Crippen LogP contribution in [-0.2, 0) is 11.3 Å². The minimum Gasteiger partial charge on any atom is -0.355 e. The van der Waals surface area contributed by atoms with Crippen molar-refractivity contribution in [3.05, 3.63) is 111 Å². The van der Waals surface area contributed by atoms with Crippen LogP contribution in [0.4, 0.5) is 10.1 Å². The monoisotopic (exact) mass is 556 g/mol. The van der Waals surface area contributed by atoms with Crippen molar-refractivity contribution in [3.63, 3.8) is 0 Å². The number of nitrogens with zero attached hydrogens (tertiary/aromatic N) is 3. The normalized spacial score (nSPS) is 11.5. The number of carbonyl (C=O) groups excluding carboxylic acids is 3. The van der Waals surface area contributed by atoms with Crippen LogP contribution in [-0.4, -0.2) is 52.3 Å². The highest BCUT2D eigenvalue weighted by molar-refractivity contribution is 6.07. The second-order valence-corrected chi connectivity index (χ2v) is 9.31. The van der Waals surface area contributed by atoms with Crippen molar-refractivity contribution in [2.45, 2.75) is 26.4 Å². The average Bonchev–Trinajstić information content (AvgIpc) is 2.98. The number of aromatic nitrogens is 3. The maximum Gasteiger partial charge on any atom is 0.275 e. The summed E-state index contributed by atoms with van der Waals surface area (Å²) in [5, 5.41) is 8.07. The number of hydrogen-bond donors (Lipinski definition) is 3. The van der Waals surface area contributed by atoms with E-state index in [-0.39, 0.29) is 29.4 Å². The summed E-state index contributed by atoms with van der Waals surface area (Å²) in [5.41, 5.74) is 1.69. The molecule has 0 bridgehead atoms. The first-order valence-corrected chi connectivity index (χ1v) is 12.8. The molecule has 0 aliphatic rings. The summed E-state index contributed by atoms with van der Waals surface area (Å²) < 4.78 is 14.8. The first-order valence-electron chi connectivity index (χ1n) is 12.8. The Morgan fingerprint density at radius 2 is 1.68 bits per heavy atom. The van der Waals surface area contributed by atoms with E-state index < -0.39 is 29.1 Å². The molecule has 0 spiro atoms.